The van der Waals surface area contributed by atoms with E-state index in [1.54, 1.807) is 0 Å². The van der Waals surface area contributed by atoms with Crippen LogP contribution >= 0.6 is 0 Å². The third kappa shape index (κ3) is 2.94. The first-order valence-corrected chi connectivity index (χ1v) is 12.5. The maximum absolute atomic E-state index is 11.1. The molecule has 0 bridgehead atoms. The van der Waals surface area contributed by atoms with E-state index < -0.39 is 0 Å². The Bertz CT molecular complexity index is 573. The van der Waals surface area contributed by atoms with Crippen molar-refractivity contribution in [1.82, 2.24) is 4.90 Å². The van der Waals surface area contributed by atoms with Crippen LogP contribution in [0.4, 0.5) is 0 Å². The molecule has 0 radical (unpaired) electrons. The Morgan fingerprint density at radius 2 is 1.50 bits per heavy atom. The standard InChI is InChI=1S/C25H43NO2/c1-24-12-11-20-18(19(24)9-10-23(24)28)8-7-17-15-22(27)21(16-25(17,20)2)26-13-5-3-4-6-14-26/h17-23,27-28H,3-16H2,1-2H3/t17-,18-,19-,20-,21-,22-,23-,24-,25-/m0/s1. The molecule has 0 aromatic rings. The SMILES string of the molecule is C[C@]12C[C@H](N3CCCCCC3)[C@@H](O)C[C@@H]1CC[C@@H]1[C@@H]2CC[C@]2(C)[C@@H](O)CC[C@@H]12. The lowest BCUT2D eigenvalue weighted by Crippen LogP contribution is -2.60. The third-order valence-electron chi connectivity index (χ3n) is 10.7. The van der Waals surface area contributed by atoms with E-state index in [4.69, 9.17) is 0 Å². The highest BCUT2D eigenvalue weighted by molar-refractivity contribution is 5.11. The molecule has 3 nitrogen and oxygen atoms in total. The van der Waals surface area contributed by atoms with E-state index in [0.29, 0.717) is 17.4 Å². The zero-order chi connectivity index (χ0) is 19.5. The monoisotopic (exact) mass is 389 g/mol. The van der Waals surface area contributed by atoms with Crippen LogP contribution in [-0.2, 0) is 0 Å². The number of hydrogen-bond acceptors (Lipinski definition) is 3. The highest BCUT2D eigenvalue weighted by Gasteiger charge is 2.61. The maximum Gasteiger partial charge on any atom is 0.0698 e. The van der Waals surface area contributed by atoms with Crippen LogP contribution in [0.25, 0.3) is 0 Å². The summed E-state index contributed by atoms with van der Waals surface area (Å²) < 4.78 is 0. The molecule has 2 N–H and O–H groups in total. The van der Waals surface area contributed by atoms with Gasteiger partial charge in [0.2, 0.25) is 0 Å². The summed E-state index contributed by atoms with van der Waals surface area (Å²) in [5.74, 6) is 3.08. The zero-order valence-corrected chi connectivity index (χ0v) is 18.3. The van der Waals surface area contributed by atoms with Crippen molar-refractivity contribution in [1.29, 1.82) is 0 Å². The van der Waals surface area contributed by atoms with Gasteiger partial charge in [-0.2, -0.15) is 0 Å². The van der Waals surface area contributed by atoms with Crippen molar-refractivity contribution in [3.63, 3.8) is 0 Å². The summed E-state index contributed by atoms with van der Waals surface area (Å²) in [6.07, 6.45) is 14.9. The Morgan fingerprint density at radius 1 is 0.786 bits per heavy atom. The lowest BCUT2D eigenvalue weighted by Gasteiger charge is -2.62. The van der Waals surface area contributed by atoms with Gasteiger partial charge in [0.05, 0.1) is 12.2 Å². The van der Waals surface area contributed by atoms with Crippen LogP contribution in [0.1, 0.15) is 90.9 Å². The van der Waals surface area contributed by atoms with Gasteiger partial charge < -0.3 is 10.2 Å². The molecule has 5 rings (SSSR count). The molecule has 0 amide bonds. The molecule has 28 heavy (non-hydrogen) atoms. The fourth-order valence-electron chi connectivity index (χ4n) is 9.05. The maximum atomic E-state index is 11.1. The molecule has 4 aliphatic carbocycles. The number of hydrogen-bond donors (Lipinski definition) is 2. The summed E-state index contributed by atoms with van der Waals surface area (Å²) in [5.41, 5.74) is 0.580. The fourth-order valence-corrected chi connectivity index (χ4v) is 9.05. The zero-order valence-electron chi connectivity index (χ0n) is 18.3. The molecule has 1 aliphatic heterocycles. The predicted molar refractivity (Wildman–Crippen MR) is 113 cm³/mol. The van der Waals surface area contributed by atoms with E-state index in [2.05, 4.69) is 18.7 Å². The van der Waals surface area contributed by atoms with Crippen molar-refractivity contribution < 1.29 is 10.2 Å². The van der Waals surface area contributed by atoms with Gasteiger partial charge in [-0.25, -0.2) is 0 Å². The second kappa shape index (κ2) is 7.24. The topological polar surface area (TPSA) is 43.7 Å². The van der Waals surface area contributed by atoms with Gasteiger partial charge in [-0.1, -0.05) is 26.7 Å². The van der Waals surface area contributed by atoms with Gasteiger partial charge in [0.1, 0.15) is 0 Å². The number of nitrogens with zero attached hydrogens (tertiary/aromatic N) is 1. The normalized spacial score (nSPS) is 55.1. The van der Waals surface area contributed by atoms with Gasteiger partial charge >= 0.3 is 0 Å². The summed E-state index contributed by atoms with van der Waals surface area (Å²) >= 11 is 0. The van der Waals surface area contributed by atoms with Crippen molar-refractivity contribution in [2.24, 2.45) is 34.5 Å². The molecule has 4 saturated carbocycles. The number of fused-ring (bicyclic) bond motifs is 5. The minimum absolute atomic E-state index is 0.0676. The number of aliphatic hydroxyl groups excluding tert-OH is 2. The van der Waals surface area contributed by atoms with E-state index in [0.717, 1.165) is 30.6 Å². The fraction of sp³-hybridized carbons (Fsp3) is 1.00. The van der Waals surface area contributed by atoms with Crippen LogP contribution in [0.15, 0.2) is 0 Å². The average molecular weight is 390 g/mol. The summed E-state index contributed by atoms with van der Waals surface area (Å²) in [4.78, 5) is 2.68. The van der Waals surface area contributed by atoms with Gasteiger partial charge in [0.25, 0.3) is 0 Å². The minimum atomic E-state index is -0.116. The predicted octanol–water partition coefficient (Wildman–Crippen LogP) is 4.61. The van der Waals surface area contributed by atoms with Gasteiger partial charge in [-0.15, -0.1) is 0 Å². The smallest absolute Gasteiger partial charge is 0.0698 e. The van der Waals surface area contributed by atoms with Crippen LogP contribution in [0, 0.1) is 34.5 Å². The molecular formula is C25H43NO2. The van der Waals surface area contributed by atoms with Crippen molar-refractivity contribution >= 4 is 0 Å². The van der Waals surface area contributed by atoms with Crippen molar-refractivity contribution in [2.45, 2.75) is 109 Å². The number of likely N-dealkylation sites (tertiary alicyclic amines) is 1. The molecule has 0 aromatic carbocycles. The van der Waals surface area contributed by atoms with E-state index in [1.807, 2.05) is 0 Å². The van der Waals surface area contributed by atoms with Gasteiger partial charge in [0.15, 0.2) is 0 Å². The Hall–Kier alpha value is -0.120. The highest BCUT2D eigenvalue weighted by Crippen LogP contribution is 2.66. The van der Waals surface area contributed by atoms with Gasteiger partial charge in [-0.3, -0.25) is 4.90 Å². The van der Waals surface area contributed by atoms with E-state index >= 15 is 0 Å². The van der Waals surface area contributed by atoms with Crippen LogP contribution < -0.4 is 0 Å². The van der Waals surface area contributed by atoms with Crippen LogP contribution in [0.5, 0.6) is 0 Å². The van der Waals surface area contributed by atoms with Crippen molar-refractivity contribution in [2.75, 3.05) is 13.1 Å². The lowest BCUT2D eigenvalue weighted by molar-refractivity contribution is -0.152. The first-order chi connectivity index (χ1) is 13.4. The molecule has 160 valence electrons. The van der Waals surface area contributed by atoms with Crippen molar-refractivity contribution in [3.8, 4) is 0 Å². The Kier molecular flexibility index (Phi) is 5.12. The summed E-state index contributed by atoms with van der Waals surface area (Å²) in [6, 6.07) is 0.389. The van der Waals surface area contributed by atoms with Gasteiger partial charge in [-0.05, 0) is 112 Å². The van der Waals surface area contributed by atoms with Crippen LogP contribution in [0.2, 0.25) is 0 Å². The molecule has 0 spiro atoms. The lowest BCUT2D eigenvalue weighted by atomic mass is 9.44. The molecule has 1 heterocycles. The highest BCUT2D eigenvalue weighted by atomic mass is 16.3. The molecule has 9 atom stereocenters. The Morgan fingerprint density at radius 3 is 2.25 bits per heavy atom. The van der Waals surface area contributed by atoms with Crippen LogP contribution in [-0.4, -0.2) is 46.5 Å². The summed E-state index contributed by atoms with van der Waals surface area (Å²) in [7, 11) is 0. The van der Waals surface area contributed by atoms with Gasteiger partial charge in [0, 0.05) is 6.04 Å². The first-order valence-electron chi connectivity index (χ1n) is 12.5. The second-order valence-electron chi connectivity index (χ2n) is 11.8. The molecule has 5 fully saturated rings. The Balaban J connectivity index is 1.39. The number of rotatable bonds is 1. The summed E-state index contributed by atoms with van der Waals surface area (Å²) in [6.45, 7) is 7.40. The first kappa shape index (κ1) is 19.8. The van der Waals surface area contributed by atoms with Crippen molar-refractivity contribution in [3.05, 3.63) is 0 Å². The molecular weight excluding hydrogens is 346 g/mol. The van der Waals surface area contributed by atoms with E-state index in [9.17, 15) is 10.2 Å². The Labute approximate surface area is 172 Å². The molecule has 0 aromatic heterocycles. The average Bonchev–Trinajstić information content (AvgIpc) is 2.86. The summed E-state index contributed by atoms with van der Waals surface area (Å²) in [5, 5.41) is 21.8. The molecule has 1 saturated heterocycles. The largest absolute Gasteiger partial charge is 0.393 e. The second-order valence-corrected chi connectivity index (χ2v) is 11.8. The molecule has 5 aliphatic rings. The number of aliphatic hydroxyl groups is 2. The van der Waals surface area contributed by atoms with Crippen LogP contribution in [0.3, 0.4) is 0 Å². The minimum Gasteiger partial charge on any atom is -0.393 e. The third-order valence-corrected chi connectivity index (χ3v) is 10.7. The van der Waals surface area contributed by atoms with E-state index in [-0.39, 0.29) is 17.6 Å². The molecule has 0 unspecified atom stereocenters. The van der Waals surface area contributed by atoms with E-state index in [1.165, 1.54) is 77.3 Å². The molecule has 3 heteroatoms. The quantitative estimate of drug-likeness (QED) is 0.688.